The molecule has 1 aromatic heterocycles. The summed E-state index contributed by atoms with van der Waals surface area (Å²) in [7, 11) is 0. The molecule has 0 saturated carbocycles. The number of nitro benzene ring substituents is 1. The van der Waals surface area contributed by atoms with E-state index in [2.05, 4.69) is 34.6 Å². The van der Waals surface area contributed by atoms with Crippen molar-refractivity contribution in [2.24, 2.45) is 0 Å². The van der Waals surface area contributed by atoms with E-state index >= 15 is 0 Å². The Morgan fingerprint density at radius 1 is 1.09 bits per heavy atom. The van der Waals surface area contributed by atoms with Crippen molar-refractivity contribution in [1.29, 1.82) is 0 Å². The summed E-state index contributed by atoms with van der Waals surface area (Å²) in [5, 5.41) is 23.1. The van der Waals surface area contributed by atoms with Crippen LogP contribution in [0.15, 0.2) is 54.6 Å². The minimum Gasteiger partial charge on any atom is -0.322 e. The SMILES string of the molecule is CCCCc1ccc(-n2nc3cc(C)c(NC(=O)c4cc([N+](=O)[O-])ccc4Cl)cc3n2)cc1. The lowest BCUT2D eigenvalue weighted by Gasteiger charge is -2.09. The molecule has 8 nitrogen and oxygen atoms in total. The summed E-state index contributed by atoms with van der Waals surface area (Å²) in [6.07, 6.45) is 3.35. The molecule has 9 heteroatoms. The fourth-order valence-electron chi connectivity index (χ4n) is 3.49. The number of nitrogens with zero attached hydrogens (tertiary/aromatic N) is 4. The fraction of sp³-hybridized carbons (Fsp3) is 0.208. The molecule has 0 spiro atoms. The minimum absolute atomic E-state index is 0.0252. The number of amides is 1. The molecule has 3 aromatic carbocycles. The van der Waals surface area contributed by atoms with Crippen LogP contribution in [0.1, 0.15) is 41.3 Å². The van der Waals surface area contributed by atoms with Gasteiger partial charge in [0.1, 0.15) is 11.0 Å². The molecule has 0 bridgehead atoms. The minimum atomic E-state index is -0.570. The maximum Gasteiger partial charge on any atom is 0.270 e. The van der Waals surface area contributed by atoms with Crippen LogP contribution >= 0.6 is 11.6 Å². The average molecular weight is 464 g/mol. The monoisotopic (exact) mass is 463 g/mol. The molecule has 168 valence electrons. The number of anilines is 1. The number of aryl methyl sites for hydroxylation is 2. The second kappa shape index (κ2) is 9.38. The Labute approximate surface area is 195 Å². The van der Waals surface area contributed by atoms with Gasteiger partial charge < -0.3 is 5.32 Å². The van der Waals surface area contributed by atoms with Crippen molar-refractivity contribution in [3.8, 4) is 5.69 Å². The molecular weight excluding hydrogens is 442 g/mol. The molecule has 0 unspecified atom stereocenters. The first-order valence-electron chi connectivity index (χ1n) is 10.6. The molecule has 0 saturated heterocycles. The fourth-order valence-corrected chi connectivity index (χ4v) is 3.69. The van der Waals surface area contributed by atoms with Crippen LogP contribution in [0.5, 0.6) is 0 Å². The van der Waals surface area contributed by atoms with Crippen LogP contribution in [0.2, 0.25) is 5.02 Å². The second-order valence-electron chi connectivity index (χ2n) is 7.79. The van der Waals surface area contributed by atoms with E-state index in [1.807, 2.05) is 25.1 Å². The lowest BCUT2D eigenvalue weighted by molar-refractivity contribution is -0.384. The highest BCUT2D eigenvalue weighted by Gasteiger charge is 2.17. The standard InChI is InChI=1S/C24H22ClN5O3/c1-3-4-5-16-6-8-17(9-7-16)29-27-22-12-15(2)21(14-23(22)28-29)26-24(31)19-13-18(30(32)33)10-11-20(19)25/h6-14H,3-5H2,1-2H3,(H,26,31). The van der Waals surface area contributed by atoms with Gasteiger partial charge in [-0.1, -0.05) is 37.1 Å². The van der Waals surface area contributed by atoms with Gasteiger partial charge in [0.05, 0.1) is 21.2 Å². The van der Waals surface area contributed by atoms with Crippen molar-refractivity contribution in [2.75, 3.05) is 5.32 Å². The van der Waals surface area contributed by atoms with Gasteiger partial charge in [-0.25, -0.2) is 0 Å². The van der Waals surface area contributed by atoms with Gasteiger partial charge in [0.15, 0.2) is 0 Å². The highest BCUT2D eigenvalue weighted by Crippen LogP contribution is 2.26. The summed E-state index contributed by atoms with van der Waals surface area (Å²) in [5.41, 5.74) is 4.54. The third-order valence-electron chi connectivity index (χ3n) is 5.37. The molecule has 0 aliphatic carbocycles. The molecule has 0 fully saturated rings. The van der Waals surface area contributed by atoms with Crippen LogP contribution in [0, 0.1) is 17.0 Å². The normalized spacial score (nSPS) is 11.0. The number of benzene rings is 3. The molecule has 1 heterocycles. The number of aromatic nitrogens is 3. The van der Waals surface area contributed by atoms with E-state index < -0.39 is 10.8 Å². The summed E-state index contributed by atoms with van der Waals surface area (Å²) >= 11 is 6.10. The molecule has 1 amide bonds. The van der Waals surface area contributed by atoms with Crippen LogP contribution in [0.3, 0.4) is 0 Å². The number of carbonyl (C=O) groups is 1. The van der Waals surface area contributed by atoms with Crippen molar-refractivity contribution in [1.82, 2.24) is 15.0 Å². The van der Waals surface area contributed by atoms with Crippen molar-refractivity contribution in [3.63, 3.8) is 0 Å². The Hall–Kier alpha value is -3.78. The van der Waals surface area contributed by atoms with Gasteiger partial charge in [-0.05, 0) is 61.2 Å². The van der Waals surface area contributed by atoms with E-state index in [0.29, 0.717) is 16.7 Å². The predicted molar refractivity (Wildman–Crippen MR) is 128 cm³/mol. The lowest BCUT2D eigenvalue weighted by Crippen LogP contribution is -2.13. The molecule has 0 radical (unpaired) electrons. The molecule has 33 heavy (non-hydrogen) atoms. The predicted octanol–water partition coefficient (Wildman–Crippen LogP) is 5.89. The smallest absolute Gasteiger partial charge is 0.270 e. The van der Waals surface area contributed by atoms with Crippen molar-refractivity contribution in [2.45, 2.75) is 33.1 Å². The first-order valence-corrected chi connectivity index (χ1v) is 11.0. The average Bonchev–Trinajstić information content (AvgIpc) is 3.21. The van der Waals surface area contributed by atoms with E-state index in [1.54, 1.807) is 10.9 Å². The Morgan fingerprint density at radius 2 is 1.79 bits per heavy atom. The number of hydrogen-bond donors (Lipinski definition) is 1. The molecular formula is C24H22ClN5O3. The molecule has 0 atom stereocenters. The zero-order chi connectivity index (χ0) is 23.5. The van der Waals surface area contributed by atoms with E-state index in [0.717, 1.165) is 36.6 Å². The summed E-state index contributed by atoms with van der Waals surface area (Å²) in [6, 6.07) is 15.5. The maximum absolute atomic E-state index is 12.8. The molecule has 0 aliphatic rings. The third-order valence-corrected chi connectivity index (χ3v) is 5.70. The largest absolute Gasteiger partial charge is 0.322 e. The Bertz CT molecular complexity index is 1350. The summed E-state index contributed by atoms with van der Waals surface area (Å²) in [4.78, 5) is 24.8. The Morgan fingerprint density at radius 3 is 2.45 bits per heavy atom. The van der Waals surface area contributed by atoms with E-state index in [9.17, 15) is 14.9 Å². The highest BCUT2D eigenvalue weighted by molar-refractivity contribution is 6.34. The molecule has 0 aliphatic heterocycles. The second-order valence-corrected chi connectivity index (χ2v) is 8.20. The van der Waals surface area contributed by atoms with Gasteiger partial charge in [-0.15, -0.1) is 10.2 Å². The van der Waals surface area contributed by atoms with Crippen LogP contribution in [-0.2, 0) is 6.42 Å². The van der Waals surface area contributed by atoms with Crippen LogP contribution in [-0.4, -0.2) is 25.8 Å². The number of non-ortho nitro benzene ring substituents is 1. The van der Waals surface area contributed by atoms with Crippen LogP contribution < -0.4 is 5.32 Å². The summed E-state index contributed by atoms with van der Waals surface area (Å²) in [5.74, 6) is -0.541. The molecule has 4 aromatic rings. The van der Waals surface area contributed by atoms with Gasteiger partial charge in [0, 0.05) is 17.8 Å². The van der Waals surface area contributed by atoms with Crippen molar-refractivity contribution < 1.29 is 9.72 Å². The number of rotatable bonds is 7. The van der Waals surface area contributed by atoms with Gasteiger partial charge in [-0.2, -0.15) is 4.80 Å². The number of halogens is 1. The first-order chi connectivity index (χ1) is 15.9. The van der Waals surface area contributed by atoms with Crippen molar-refractivity contribution in [3.05, 3.63) is 86.4 Å². The van der Waals surface area contributed by atoms with Crippen LogP contribution in [0.25, 0.3) is 16.7 Å². The molecule has 1 N–H and O–H groups in total. The van der Waals surface area contributed by atoms with E-state index in [4.69, 9.17) is 11.6 Å². The lowest BCUT2D eigenvalue weighted by atomic mass is 10.1. The van der Waals surface area contributed by atoms with Gasteiger partial charge in [0.2, 0.25) is 0 Å². The number of nitro groups is 1. The number of unbranched alkanes of at least 4 members (excludes halogenated alkanes) is 1. The first kappa shape index (κ1) is 22.4. The summed E-state index contributed by atoms with van der Waals surface area (Å²) < 4.78 is 0. The Balaban J connectivity index is 1.60. The Kier molecular flexibility index (Phi) is 6.37. The maximum atomic E-state index is 12.8. The molecule has 4 rings (SSSR count). The van der Waals surface area contributed by atoms with E-state index in [-0.39, 0.29) is 16.3 Å². The van der Waals surface area contributed by atoms with Gasteiger partial charge >= 0.3 is 0 Å². The van der Waals surface area contributed by atoms with Gasteiger partial charge in [0.25, 0.3) is 11.6 Å². The number of carbonyl (C=O) groups excluding carboxylic acids is 1. The quantitative estimate of drug-likeness (QED) is 0.272. The third kappa shape index (κ3) is 4.85. The number of hydrogen-bond acceptors (Lipinski definition) is 5. The van der Waals surface area contributed by atoms with E-state index in [1.165, 1.54) is 17.7 Å². The zero-order valence-electron chi connectivity index (χ0n) is 18.2. The van der Waals surface area contributed by atoms with Crippen molar-refractivity contribution >= 4 is 39.9 Å². The summed E-state index contributed by atoms with van der Waals surface area (Å²) in [6.45, 7) is 4.01. The number of nitrogens with one attached hydrogen (secondary N) is 1. The zero-order valence-corrected chi connectivity index (χ0v) is 19.0. The highest BCUT2D eigenvalue weighted by atomic mass is 35.5. The topological polar surface area (TPSA) is 103 Å². The number of fused-ring (bicyclic) bond motifs is 1. The van der Waals surface area contributed by atoms with Crippen LogP contribution in [0.4, 0.5) is 11.4 Å². The van der Waals surface area contributed by atoms with Gasteiger partial charge in [-0.3, -0.25) is 14.9 Å².